The minimum absolute atomic E-state index is 0.207. The monoisotopic (exact) mass is 365 g/mol. The molecule has 0 fully saturated rings. The number of allylic oxidation sites excluding steroid dienone is 4. The SMILES string of the molecule is Cc1cccc(-n2c3ccccc3c3cc(O)c(C4(C)C=CC=CC4)cc32)c1. The Bertz CT molecular complexity index is 1270. The van der Waals surface area contributed by atoms with Crippen LogP contribution in [0, 0.1) is 6.92 Å². The molecule has 2 heteroatoms. The lowest BCUT2D eigenvalue weighted by atomic mass is 9.76. The van der Waals surface area contributed by atoms with Crippen molar-refractivity contribution in [3.8, 4) is 11.4 Å². The highest BCUT2D eigenvalue weighted by Gasteiger charge is 2.28. The summed E-state index contributed by atoms with van der Waals surface area (Å²) in [6.07, 6.45) is 9.38. The van der Waals surface area contributed by atoms with Gasteiger partial charge in [-0.15, -0.1) is 0 Å². The predicted molar refractivity (Wildman–Crippen MR) is 117 cm³/mol. The number of fused-ring (bicyclic) bond motifs is 3. The van der Waals surface area contributed by atoms with E-state index in [0.29, 0.717) is 5.75 Å². The molecule has 1 aromatic heterocycles. The molecular weight excluding hydrogens is 342 g/mol. The van der Waals surface area contributed by atoms with Crippen molar-refractivity contribution in [3.05, 3.63) is 96.1 Å². The molecule has 0 bridgehead atoms. The zero-order chi connectivity index (χ0) is 19.3. The van der Waals surface area contributed by atoms with Gasteiger partial charge in [0.25, 0.3) is 0 Å². The van der Waals surface area contributed by atoms with E-state index in [-0.39, 0.29) is 5.41 Å². The molecule has 0 spiro atoms. The number of benzene rings is 3. The maximum atomic E-state index is 10.9. The Kier molecular flexibility index (Phi) is 3.70. The molecule has 0 amide bonds. The van der Waals surface area contributed by atoms with Crippen LogP contribution in [0.2, 0.25) is 0 Å². The molecule has 28 heavy (non-hydrogen) atoms. The summed E-state index contributed by atoms with van der Waals surface area (Å²) in [5.74, 6) is 0.363. The highest BCUT2D eigenvalue weighted by Crippen LogP contribution is 2.42. The minimum atomic E-state index is -0.207. The van der Waals surface area contributed by atoms with E-state index in [9.17, 15) is 5.11 Å². The van der Waals surface area contributed by atoms with E-state index < -0.39 is 0 Å². The summed E-state index contributed by atoms with van der Waals surface area (Å²) in [4.78, 5) is 0. The fourth-order valence-corrected chi connectivity index (χ4v) is 4.43. The number of phenolic OH excluding ortho intramolecular Hbond substituents is 1. The van der Waals surface area contributed by atoms with Crippen molar-refractivity contribution in [2.75, 3.05) is 0 Å². The van der Waals surface area contributed by atoms with Gasteiger partial charge in [-0.3, -0.25) is 0 Å². The Morgan fingerprint density at radius 1 is 0.893 bits per heavy atom. The standard InChI is InChI=1S/C26H23NO/c1-18-9-8-10-19(15-18)27-23-12-5-4-11-20(23)21-16-25(28)22(17-24(21)27)26(2)13-6-3-7-14-26/h3-13,15-17,28H,14H2,1-2H3. The fourth-order valence-electron chi connectivity index (χ4n) is 4.43. The van der Waals surface area contributed by atoms with Crippen molar-refractivity contribution < 1.29 is 5.11 Å². The second-order valence-corrected chi connectivity index (χ2v) is 7.99. The number of nitrogens with zero attached hydrogens (tertiary/aromatic N) is 1. The van der Waals surface area contributed by atoms with Gasteiger partial charge >= 0.3 is 0 Å². The van der Waals surface area contributed by atoms with Gasteiger partial charge in [-0.05, 0) is 49.2 Å². The summed E-state index contributed by atoms with van der Waals surface area (Å²) >= 11 is 0. The normalized spacial score (nSPS) is 18.9. The first-order chi connectivity index (χ1) is 13.6. The molecule has 1 atom stereocenters. The first-order valence-corrected chi connectivity index (χ1v) is 9.75. The summed E-state index contributed by atoms with van der Waals surface area (Å²) in [6, 6.07) is 21.1. The van der Waals surface area contributed by atoms with Crippen molar-refractivity contribution >= 4 is 21.8 Å². The van der Waals surface area contributed by atoms with E-state index in [1.807, 2.05) is 6.07 Å². The van der Waals surface area contributed by atoms with Gasteiger partial charge in [0.2, 0.25) is 0 Å². The molecule has 0 aliphatic heterocycles. The average Bonchev–Trinajstić information content (AvgIpc) is 3.01. The zero-order valence-electron chi connectivity index (χ0n) is 16.2. The summed E-state index contributed by atoms with van der Waals surface area (Å²) < 4.78 is 2.31. The van der Waals surface area contributed by atoms with Crippen molar-refractivity contribution in [3.63, 3.8) is 0 Å². The Labute approximate surface area is 165 Å². The van der Waals surface area contributed by atoms with Crippen LogP contribution < -0.4 is 0 Å². The number of aryl methyl sites for hydroxylation is 1. The summed E-state index contributed by atoms with van der Waals surface area (Å²) in [5.41, 5.74) is 5.42. The summed E-state index contributed by atoms with van der Waals surface area (Å²) in [7, 11) is 0. The maximum absolute atomic E-state index is 10.9. The number of hydrogen-bond donors (Lipinski definition) is 1. The van der Waals surface area contributed by atoms with Gasteiger partial charge in [0.05, 0.1) is 11.0 Å². The summed E-state index contributed by atoms with van der Waals surface area (Å²) in [6.45, 7) is 4.31. The van der Waals surface area contributed by atoms with Crippen LogP contribution in [-0.4, -0.2) is 9.67 Å². The third-order valence-electron chi connectivity index (χ3n) is 5.92. The van der Waals surface area contributed by atoms with Crippen LogP contribution in [-0.2, 0) is 5.41 Å². The molecule has 138 valence electrons. The molecule has 5 rings (SSSR count). The molecule has 3 aromatic carbocycles. The predicted octanol–water partition coefficient (Wildman–Crippen LogP) is 6.57. The first kappa shape index (κ1) is 16.9. The lowest BCUT2D eigenvalue weighted by Gasteiger charge is -2.28. The number of hydrogen-bond acceptors (Lipinski definition) is 1. The minimum Gasteiger partial charge on any atom is -0.508 e. The van der Waals surface area contributed by atoms with Crippen LogP contribution in [0.15, 0.2) is 85.0 Å². The lowest BCUT2D eigenvalue weighted by molar-refractivity contribution is 0.450. The van der Waals surface area contributed by atoms with E-state index >= 15 is 0 Å². The quantitative estimate of drug-likeness (QED) is 0.427. The van der Waals surface area contributed by atoms with E-state index in [0.717, 1.165) is 39.5 Å². The van der Waals surface area contributed by atoms with Gasteiger partial charge in [0.15, 0.2) is 0 Å². The maximum Gasteiger partial charge on any atom is 0.120 e. The van der Waals surface area contributed by atoms with Crippen molar-refractivity contribution in [1.29, 1.82) is 0 Å². The number of aromatic hydroxyl groups is 1. The van der Waals surface area contributed by atoms with Crippen molar-refractivity contribution in [2.45, 2.75) is 25.7 Å². The van der Waals surface area contributed by atoms with Crippen LogP contribution in [0.25, 0.3) is 27.5 Å². The van der Waals surface area contributed by atoms with E-state index in [1.54, 1.807) is 0 Å². The molecule has 0 saturated carbocycles. The Hall–Kier alpha value is -3.26. The molecule has 1 aliphatic rings. The third kappa shape index (κ3) is 2.49. The third-order valence-corrected chi connectivity index (χ3v) is 5.92. The van der Waals surface area contributed by atoms with E-state index in [1.165, 1.54) is 5.56 Å². The smallest absolute Gasteiger partial charge is 0.120 e. The molecule has 1 heterocycles. The molecule has 1 N–H and O–H groups in total. The number of phenols is 1. The molecule has 0 radical (unpaired) electrons. The first-order valence-electron chi connectivity index (χ1n) is 9.75. The number of para-hydroxylation sites is 1. The van der Waals surface area contributed by atoms with Gasteiger partial charge < -0.3 is 9.67 Å². The van der Waals surface area contributed by atoms with Gasteiger partial charge in [0.1, 0.15) is 5.75 Å². The highest BCUT2D eigenvalue weighted by atomic mass is 16.3. The Morgan fingerprint density at radius 3 is 2.54 bits per heavy atom. The molecule has 2 nitrogen and oxygen atoms in total. The second kappa shape index (κ2) is 6.13. The van der Waals surface area contributed by atoms with Gasteiger partial charge in [0, 0.05) is 27.4 Å². The largest absolute Gasteiger partial charge is 0.508 e. The average molecular weight is 365 g/mol. The van der Waals surface area contributed by atoms with Crippen LogP contribution in [0.5, 0.6) is 5.75 Å². The Morgan fingerprint density at radius 2 is 1.75 bits per heavy atom. The Balaban J connectivity index is 1.88. The van der Waals surface area contributed by atoms with Crippen LogP contribution in [0.4, 0.5) is 0 Å². The molecule has 1 aliphatic carbocycles. The van der Waals surface area contributed by atoms with Crippen LogP contribution in [0.3, 0.4) is 0 Å². The van der Waals surface area contributed by atoms with Crippen molar-refractivity contribution in [1.82, 2.24) is 4.57 Å². The number of aromatic nitrogens is 1. The lowest BCUT2D eigenvalue weighted by Crippen LogP contribution is -2.19. The molecule has 0 saturated heterocycles. The van der Waals surface area contributed by atoms with Crippen LogP contribution >= 0.6 is 0 Å². The number of rotatable bonds is 2. The van der Waals surface area contributed by atoms with Crippen molar-refractivity contribution in [2.24, 2.45) is 0 Å². The summed E-state index contributed by atoms with van der Waals surface area (Å²) in [5, 5.41) is 13.2. The van der Waals surface area contributed by atoms with Gasteiger partial charge in [-0.25, -0.2) is 0 Å². The van der Waals surface area contributed by atoms with Gasteiger partial charge in [-0.1, -0.05) is 61.6 Å². The second-order valence-electron chi connectivity index (χ2n) is 7.99. The molecule has 1 unspecified atom stereocenters. The van der Waals surface area contributed by atoms with Gasteiger partial charge in [-0.2, -0.15) is 0 Å². The molecular formula is C26H23NO. The highest BCUT2D eigenvalue weighted by molar-refractivity contribution is 6.10. The zero-order valence-corrected chi connectivity index (χ0v) is 16.2. The molecule has 4 aromatic rings. The fraction of sp³-hybridized carbons (Fsp3) is 0.154. The van der Waals surface area contributed by atoms with Crippen LogP contribution in [0.1, 0.15) is 24.5 Å². The van der Waals surface area contributed by atoms with E-state index in [2.05, 4.69) is 97.3 Å². The topological polar surface area (TPSA) is 25.2 Å². The van der Waals surface area contributed by atoms with E-state index in [4.69, 9.17) is 0 Å².